The molecule has 0 aromatic rings. The molecule has 0 saturated heterocycles. The van der Waals surface area contributed by atoms with Gasteiger partial charge in [-0.2, -0.15) is 0 Å². The van der Waals surface area contributed by atoms with Crippen LogP contribution in [-0.2, 0) is 0 Å². The molecule has 0 amide bonds. The van der Waals surface area contributed by atoms with Gasteiger partial charge in [-0.3, -0.25) is 0 Å². The van der Waals surface area contributed by atoms with Crippen molar-refractivity contribution >= 4 is 0 Å². The normalized spacial score (nSPS) is 17.4. The van der Waals surface area contributed by atoms with Gasteiger partial charge in [0.1, 0.15) is 0 Å². The second-order valence-electron chi connectivity index (χ2n) is 3.75. The van der Waals surface area contributed by atoms with Crippen molar-refractivity contribution in [3.8, 4) is 0 Å². The highest BCUT2D eigenvalue weighted by Crippen LogP contribution is 2.24. The van der Waals surface area contributed by atoms with Crippen LogP contribution in [0.4, 0.5) is 0 Å². The summed E-state index contributed by atoms with van der Waals surface area (Å²) in [5, 5.41) is 0. The Bertz CT molecular complexity index is 141. The lowest BCUT2D eigenvalue weighted by atomic mass is 9.92. The molecule has 0 atom stereocenters. The summed E-state index contributed by atoms with van der Waals surface area (Å²) < 4.78 is 0. The lowest BCUT2D eigenvalue weighted by Gasteiger charge is -2.22. The third kappa shape index (κ3) is 2.66. The Labute approximate surface area is 70.1 Å². The van der Waals surface area contributed by atoms with Gasteiger partial charge >= 0.3 is 0 Å². The molecule has 0 aromatic heterocycles. The first-order valence-electron chi connectivity index (χ1n) is 4.58. The van der Waals surface area contributed by atoms with Crippen molar-refractivity contribution in [3.63, 3.8) is 0 Å². The van der Waals surface area contributed by atoms with Gasteiger partial charge in [-0.15, -0.1) is 0 Å². The van der Waals surface area contributed by atoms with Crippen LogP contribution >= 0.6 is 0 Å². The summed E-state index contributed by atoms with van der Waals surface area (Å²) in [4.78, 5) is 2.37. The molecule has 0 aliphatic heterocycles. The number of hydrogen-bond donors (Lipinski definition) is 0. The van der Waals surface area contributed by atoms with Crippen molar-refractivity contribution in [1.29, 1.82) is 0 Å². The summed E-state index contributed by atoms with van der Waals surface area (Å²) in [5.74, 6) is 0. The van der Waals surface area contributed by atoms with Crippen LogP contribution in [0.2, 0.25) is 0 Å². The van der Waals surface area contributed by atoms with Crippen LogP contribution in [0, 0.1) is 0 Å². The molecule has 1 fully saturated rings. The monoisotopic (exact) mass is 153 g/mol. The molecule has 0 aromatic carbocycles. The first-order valence-corrected chi connectivity index (χ1v) is 4.58. The highest BCUT2D eigenvalue weighted by atomic mass is 15.1. The first kappa shape index (κ1) is 8.79. The molecule has 1 aliphatic rings. The summed E-state index contributed by atoms with van der Waals surface area (Å²) in [5.41, 5.74) is 1.66. The van der Waals surface area contributed by atoms with Crippen LogP contribution in [-0.4, -0.2) is 24.5 Å². The molecule has 1 heteroatoms. The molecule has 0 heterocycles. The van der Waals surface area contributed by atoms with Crippen molar-refractivity contribution in [1.82, 2.24) is 4.90 Å². The first-order chi connectivity index (χ1) is 5.20. The Balaban J connectivity index is 2.19. The topological polar surface area (TPSA) is 3.24 Å². The number of allylic oxidation sites excluding steroid dienone is 1. The molecular formula is C10H19N. The van der Waals surface area contributed by atoms with Crippen LogP contribution in [0.3, 0.4) is 0 Å². The maximum atomic E-state index is 2.39. The Kier molecular flexibility index (Phi) is 3.13. The molecule has 1 aliphatic carbocycles. The minimum absolute atomic E-state index is 0.673. The van der Waals surface area contributed by atoms with Gasteiger partial charge in [0.15, 0.2) is 0 Å². The van der Waals surface area contributed by atoms with Gasteiger partial charge < -0.3 is 4.90 Å². The third-order valence-corrected chi connectivity index (χ3v) is 2.55. The predicted molar refractivity (Wildman–Crippen MR) is 49.7 cm³/mol. The van der Waals surface area contributed by atoms with Gasteiger partial charge in [0.2, 0.25) is 0 Å². The van der Waals surface area contributed by atoms with Crippen LogP contribution in [0.25, 0.3) is 0 Å². The smallest absolute Gasteiger partial charge is 0.0165 e. The van der Waals surface area contributed by atoms with Crippen LogP contribution < -0.4 is 0 Å². The van der Waals surface area contributed by atoms with Gasteiger partial charge in [0, 0.05) is 12.6 Å². The fourth-order valence-corrected chi connectivity index (χ4v) is 1.07. The van der Waals surface area contributed by atoms with E-state index in [2.05, 4.69) is 31.9 Å². The molecule has 1 saturated carbocycles. The van der Waals surface area contributed by atoms with E-state index in [1.165, 1.54) is 19.3 Å². The molecule has 1 nitrogen and oxygen atoms in total. The van der Waals surface area contributed by atoms with Gasteiger partial charge in [0.25, 0.3) is 0 Å². The van der Waals surface area contributed by atoms with E-state index < -0.39 is 0 Å². The second-order valence-corrected chi connectivity index (χ2v) is 3.75. The molecule has 0 spiro atoms. The molecule has 64 valence electrons. The van der Waals surface area contributed by atoms with Gasteiger partial charge in [-0.1, -0.05) is 11.6 Å². The van der Waals surface area contributed by atoms with Crippen molar-refractivity contribution in [3.05, 3.63) is 11.6 Å². The van der Waals surface area contributed by atoms with E-state index in [-0.39, 0.29) is 0 Å². The average molecular weight is 153 g/mol. The predicted octanol–water partition coefficient (Wildman–Crippen LogP) is 2.44. The SMILES string of the molecule is CC(C)N(C)CC=C1CCC1. The lowest BCUT2D eigenvalue weighted by molar-refractivity contribution is 0.301. The van der Waals surface area contributed by atoms with Crippen LogP contribution in [0.15, 0.2) is 11.6 Å². The van der Waals surface area contributed by atoms with E-state index in [9.17, 15) is 0 Å². The maximum Gasteiger partial charge on any atom is 0.0165 e. The molecule has 0 N–H and O–H groups in total. The van der Waals surface area contributed by atoms with Crippen molar-refractivity contribution in [2.45, 2.75) is 39.2 Å². The van der Waals surface area contributed by atoms with Crippen molar-refractivity contribution in [2.75, 3.05) is 13.6 Å². The van der Waals surface area contributed by atoms with Crippen LogP contribution in [0.1, 0.15) is 33.1 Å². The van der Waals surface area contributed by atoms with Crippen molar-refractivity contribution < 1.29 is 0 Å². The number of nitrogens with zero attached hydrogens (tertiary/aromatic N) is 1. The van der Waals surface area contributed by atoms with Gasteiger partial charge in [-0.25, -0.2) is 0 Å². The minimum Gasteiger partial charge on any atom is -0.300 e. The van der Waals surface area contributed by atoms with E-state index in [0.29, 0.717) is 6.04 Å². The maximum absolute atomic E-state index is 2.39. The number of rotatable bonds is 3. The Morgan fingerprint density at radius 3 is 2.45 bits per heavy atom. The van der Waals surface area contributed by atoms with E-state index in [1.807, 2.05) is 0 Å². The van der Waals surface area contributed by atoms with E-state index in [0.717, 1.165) is 6.54 Å². The summed E-state index contributed by atoms with van der Waals surface area (Å²) in [6.45, 7) is 5.60. The van der Waals surface area contributed by atoms with Crippen LogP contribution in [0.5, 0.6) is 0 Å². The van der Waals surface area contributed by atoms with E-state index >= 15 is 0 Å². The second kappa shape index (κ2) is 3.91. The summed E-state index contributed by atoms with van der Waals surface area (Å²) in [6, 6.07) is 0.673. The van der Waals surface area contributed by atoms with E-state index in [1.54, 1.807) is 5.57 Å². The summed E-state index contributed by atoms with van der Waals surface area (Å²) in [7, 11) is 2.18. The van der Waals surface area contributed by atoms with Crippen molar-refractivity contribution in [2.24, 2.45) is 0 Å². The number of likely N-dealkylation sites (N-methyl/N-ethyl adjacent to an activating group) is 1. The molecule has 0 unspecified atom stereocenters. The zero-order valence-electron chi connectivity index (χ0n) is 7.93. The molecular weight excluding hydrogens is 134 g/mol. The van der Waals surface area contributed by atoms with E-state index in [4.69, 9.17) is 0 Å². The quantitative estimate of drug-likeness (QED) is 0.563. The highest BCUT2D eigenvalue weighted by molar-refractivity contribution is 5.10. The Morgan fingerprint density at radius 2 is 2.09 bits per heavy atom. The molecule has 11 heavy (non-hydrogen) atoms. The minimum atomic E-state index is 0.673. The summed E-state index contributed by atoms with van der Waals surface area (Å²) >= 11 is 0. The number of hydrogen-bond acceptors (Lipinski definition) is 1. The fraction of sp³-hybridized carbons (Fsp3) is 0.800. The molecule has 0 bridgehead atoms. The lowest BCUT2D eigenvalue weighted by Crippen LogP contribution is -2.26. The summed E-state index contributed by atoms with van der Waals surface area (Å²) in [6.07, 6.45) is 6.51. The molecule has 0 radical (unpaired) electrons. The van der Waals surface area contributed by atoms with Gasteiger partial charge in [0.05, 0.1) is 0 Å². The largest absolute Gasteiger partial charge is 0.300 e. The fourth-order valence-electron chi connectivity index (χ4n) is 1.07. The third-order valence-electron chi connectivity index (χ3n) is 2.55. The standard InChI is InChI=1S/C10H19N/c1-9(2)11(3)8-7-10-5-4-6-10/h7,9H,4-6,8H2,1-3H3. The zero-order valence-corrected chi connectivity index (χ0v) is 7.93. The van der Waals surface area contributed by atoms with Gasteiger partial charge in [-0.05, 0) is 40.2 Å². The zero-order chi connectivity index (χ0) is 8.27. The Hall–Kier alpha value is -0.300. The highest BCUT2D eigenvalue weighted by Gasteiger charge is 2.08. The average Bonchev–Trinajstić information content (AvgIpc) is 1.83. The molecule has 1 rings (SSSR count). The Morgan fingerprint density at radius 1 is 1.45 bits per heavy atom.